The van der Waals surface area contributed by atoms with Gasteiger partial charge in [0.1, 0.15) is 0 Å². The first-order valence-electron chi connectivity index (χ1n) is 5.76. The number of carboxylic acid groups (broad SMARTS) is 1. The predicted octanol–water partition coefficient (Wildman–Crippen LogP) is 2.82. The van der Waals surface area contributed by atoms with Gasteiger partial charge in [-0.05, 0) is 49.4 Å². The number of hydrogen-bond donors (Lipinski definition) is 1. The first kappa shape index (κ1) is 13.7. The SMILES string of the molecule is COCCC(C(=O)O)c1cc(C)c(C)cc1C. The number of ether oxygens (including phenoxy) is 1. The number of benzene rings is 1. The Bertz CT molecular complexity index is 410. The summed E-state index contributed by atoms with van der Waals surface area (Å²) < 4.78 is 4.97. The van der Waals surface area contributed by atoms with Gasteiger partial charge in [0.2, 0.25) is 0 Å². The predicted molar refractivity (Wildman–Crippen MR) is 67.5 cm³/mol. The number of aryl methyl sites for hydroxylation is 3. The second-order valence-corrected chi connectivity index (χ2v) is 4.47. The molecule has 1 aromatic carbocycles. The number of methoxy groups -OCH3 is 1. The van der Waals surface area contributed by atoms with Crippen LogP contribution in [0.3, 0.4) is 0 Å². The average molecular weight is 236 g/mol. The van der Waals surface area contributed by atoms with Crippen molar-refractivity contribution in [1.29, 1.82) is 0 Å². The van der Waals surface area contributed by atoms with E-state index in [1.807, 2.05) is 32.9 Å². The van der Waals surface area contributed by atoms with Gasteiger partial charge >= 0.3 is 5.97 Å². The molecule has 0 aliphatic heterocycles. The molecule has 1 N–H and O–H groups in total. The summed E-state index contributed by atoms with van der Waals surface area (Å²) in [5, 5.41) is 9.28. The van der Waals surface area contributed by atoms with Gasteiger partial charge in [0.25, 0.3) is 0 Å². The maximum atomic E-state index is 11.3. The van der Waals surface area contributed by atoms with E-state index in [0.717, 1.165) is 16.7 Å². The van der Waals surface area contributed by atoms with Gasteiger partial charge in [0.05, 0.1) is 5.92 Å². The Morgan fingerprint density at radius 3 is 2.35 bits per heavy atom. The fourth-order valence-electron chi connectivity index (χ4n) is 2.01. The van der Waals surface area contributed by atoms with Crippen LogP contribution in [0.25, 0.3) is 0 Å². The molecule has 1 atom stereocenters. The number of hydrogen-bond acceptors (Lipinski definition) is 2. The maximum Gasteiger partial charge on any atom is 0.311 e. The molecule has 0 aromatic heterocycles. The van der Waals surface area contributed by atoms with E-state index < -0.39 is 11.9 Å². The standard InChI is InChI=1S/C14H20O3/c1-9-7-11(3)13(8-10(9)2)12(14(15)16)5-6-17-4/h7-8,12H,5-6H2,1-4H3,(H,15,16). The van der Waals surface area contributed by atoms with Crippen LogP contribution in [0.5, 0.6) is 0 Å². The van der Waals surface area contributed by atoms with Gasteiger partial charge in [0, 0.05) is 13.7 Å². The van der Waals surface area contributed by atoms with Gasteiger partial charge in [-0.3, -0.25) is 4.79 Å². The zero-order valence-electron chi connectivity index (χ0n) is 10.9. The lowest BCUT2D eigenvalue weighted by Crippen LogP contribution is -2.15. The van der Waals surface area contributed by atoms with Gasteiger partial charge in [0.15, 0.2) is 0 Å². The van der Waals surface area contributed by atoms with Crippen molar-refractivity contribution in [1.82, 2.24) is 0 Å². The summed E-state index contributed by atoms with van der Waals surface area (Å²) in [5.74, 6) is -1.26. The molecular formula is C14H20O3. The van der Waals surface area contributed by atoms with Gasteiger partial charge in [-0.15, -0.1) is 0 Å². The van der Waals surface area contributed by atoms with Crippen molar-refractivity contribution in [2.24, 2.45) is 0 Å². The van der Waals surface area contributed by atoms with Gasteiger partial charge in [-0.2, -0.15) is 0 Å². The molecule has 1 aromatic rings. The van der Waals surface area contributed by atoms with E-state index in [1.54, 1.807) is 7.11 Å². The highest BCUT2D eigenvalue weighted by Crippen LogP contribution is 2.26. The van der Waals surface area contributed by atoms with Crippen LogP contribution in [0.2, 0.25) is 0 Å². The van der Waals surface area contributed by atoms with E-state index in [0.29, 0.717) is 13.0 Å². The van der Waals surface area contributed by atoms with Crippen molar-refractivity contribution in [2.45, 2.75) is 33.1 Å². The summed E-state index contributed by atoms with van der Waals surface area (Å²) in [4.78, 5) is 11.3. The topological polar surface area (TPSA) is 46.5 Å². The van der Waals surface area contributed by atoms with E-state index >= 15 is 0 Å². The third-order valence-corrected chi connectivity index (χ3v) is 3.17. The van der Waals surface area contributed by atoms with Crippen LogP contribution in [0, 0.1) is 20.8 Å². The maximum absolute atomic E-state index is 11.3. The molecule has 0 amide bonds. The zero-order valence-corrected chi connectivity index (χ0v) is 10.9. The lowest BCUT2D eigenvalue weighted by atomic mass is 9.89. The largest absolute Gasteiger partial charge is 0.481 e. The third kappa shape index (κ3) is 3.30. The molecule has 0 aliphatic rings. The Hall–Kier alpha value is -1.35. The molecule has 1 rings (SSSR count). The number of carboxylic acids is 1. The molecule has 1 unspecified atom stereocenters. The van der Waals surface area contributed by atoms with Gasteiger partial charge < -0.3 is 9.84 Å². The Kier molecular flexibility index (Phi) is 4.70. The van der Waals surface area contributed by atoms with Crippen molar-refractivity contribution in [2.75, 3.05) is 13.7 Å². The van der Waals surface area contributed by atoms with Crippen molar-refractivity contribution in [3.63, 3.8) is 0 Å². The Labute approximate surface area is 102 Å². The lowest BCUT2D eigenvalue weighted by molar-refractivity contribution is -0.139. The summed E-state index contributed by atoms with van der Waals surface area (Å²) in [5.41, 5.74) is 4.27. The minimum atomic E-state index is -0.784. The lowest BCUT2D eigenvalue weighted by Gasteiger charge is -2.17. The summed E-state index contributed by atoms with van der Waals surface area (Å²) in [6, 6.07) is 4.03. The molecular weight excluding hydrogens is 216 g/mol. The van der Waals surface area contributed by atoms with E-state index in [9.17, 15) is 9.90 Å². The minimum absolute atomic E-state index is 0.462. The third-order valence-electron chi connectivity index (χ3n) is 3.17. The smallest absolute Gasteiger partial charge is 0.311 e. The van der Waals surface area contributed by atoms with Crippen molar-refractivity contribution in [3.8, 4) is 0 Å². The van der Waals surface area contributed by atoms with E-state index in [2.05, 4.69) is 0 Å². The molecule has 17 heavy (non-hydrogen) atoms. The molecule has 0 aliphatic carbocycles. The number of aliphatic carboxylic acids is 1. The Morgan fingerprint density at radius 1 is 1.24 bits per heavy atom. The highest BCUT2D eigenvalue weighted by Gasteiger charge is 2.21. The monoisotopic (exact) mass is 236 g/mol. The van der Waals surface area contributed by atoms with Gasteiger partial charge in [-0.25, -0.2) is 0 Å². The molecule has 94 valence electrons. The van der Waals surface area contributed by atoms with Gasteiger partial charge in [-0.1, -0.05) is 12.1 Å². The zero-order chi connectivity index (χ0) is 13.0. The second kappa shape index (κ2) is 5.82. The Balaban J connectivity index is 3.09. The van der Waals surface area contributed by atoms with Crippen molar-refractivity contribution < 1.29 is 14.6 Å². The van der Waals surface area contributed by atoms with Crippen LogP contribution in [0.4, 0.5) is 0 Å². The molecule has 0 fully saturated rings. The highest BCUT2D eigenvalue weighted by atomic mass is 16.5. The van der Waals surface area contributed by atoms with Crippen LogP contribution < -0.4 is 0 Å². The van der Waals surface area contributed by atoms with Crippen LogP contribution >= 0.6 is 0 Å². The average Bonchev–Trinajstić information content (AvgIpc) is 2.25. The molecule has 0 saturated carbocycles. The highest BCUT2D eigenvalue weighted by molar-refractivity contribution is 5.76. The fourth-order valence-corrected chi connectivity index (χ4v) is 2.01. The quantitative estimate of drug-likeness (QED) is 0.855. The molecule has 0 saturated heterocycles. The van der Waals surface area contributed by atoms with Crippen LogP contribution in [0.15, 0.2) is 12.1 Å². The molecule has 0 bridgehead atoms. The minimum Gasteiger partial charge on any atom is -0.481 e. The Morgan fingerprint density at radius 2 is 1.82 bits per heavy atom. The number of carbonyl (C=O) groups is 1. The first-order chi connectivity index (χ1) is 7.97. The molecule has 0 heterocycles. The first-order valence-corrected chi connectivity index (χ1v) is 5.76. The fraction of sp³-hybridized carbons (Fsp3) is 0.500. The summed E-state index contributed by atoms with van der Waals surface area (Å²) in [6.07, 6.45) is 0.509. The van der Waals surface area contributed by atoms with Crippen molar-refractivity contribution in [3.05, 3.63) is 34.4 Å². The molecule has 3 nitrogen and oxygen atoms in total. The van der Waals surface area contributed by atoms with Crippen LogP contribution in [0.1, 0.15) is 34.6 Å². The van der Waals surface area contributed by atoms with E-state index in [-0.39, 0.29) is 0 Å². The normalized spacial score (nSPS) is 12.5. The van der Waals surface area contributed by atoms with E-state index in [4.69, 9.17) is 4.74 Å². The number of rotatable bonds is 5. The second-order valence-electron chi connectivity index (χ2n) is 4.47. The molecule has 3 heteroatoms. The van der Waals surface area contributed by atoms with Crippen molar-refractivity contribution >= 4 is 5.97 Å². The summed E-state index contributed by atoms with van der Waals surface area (Å²) in [6.45, 7) is 6.47. The summed E-state index contributed by atoms with van der Waals surface area (Å²) in [7, 11) is 1.59. The van der Waals surface area contributed by atoms with Crippen LogP contribution in [-0.4, -0.2) is 24.8 Å². The van der Waals surface area contributed by atoms with E-state index in [1.165, 1.54) is 5.56 Å². The van der Waals surface area contributed by atoms with Crippen LogP contribution in [-0.2, 0) is 9.53 Å². The summed E-state index contributed by atoms with van der Waals surface area (Å²) >= 11 is 0. The molecule has 0 radical (unpaired) electrons. The molecule has 0 spiro atoms.